The Morgan fingerprint density at radius 3 is 1.29 bits per heavy atom. The minimum Gasteiger partial charge on any atom is -0.508 e. The first-order valence-electron chi connectivity index (χ1n) is 7.28. The van der Waals surface area contributed by atoms with Gasteiger partial charge in [-0.3, -0.25) is 0 Å². The molecule has 0 aliphatic heterocycles. The average Bonchev–Trinajstić information content (AvgIpc) is 2.56. The molecule has 5 nitrogen and oxygen atoms in total. The standard InChI is InChI=1S/C19H16O5/c20-14-5-1-11(2-6-14)19(12-3-7-15(21)17(23)9-12)13-4-8-16(22)18(24)10-13/h1-10,19-24H. The predicted molar refractivity (Wildman–Crippen MR) is 88.6 cm³/mol. The SMILES string of the molecule is Oc1ccc(C(c2ccc(O)c(O)c2)c2ccc(O)c(O)c2)cc1. The van der Waals surface area contributed by atoms with Gasteiger partial charge in [-0.2, -0.15) is 0 Å². The predicted octanol–water partition coefficient (Wildman–Crippen LogP) is 3.39. The fourth-order valence-electron chi connectivity index (χ4n) is 2.68. The molecular weight excluding hydrogens is 308 g/mol. The van der Waals surface area contributed by atoms with Gasteiger partial charge in [0.15, 0.2) is 23.0 Å². The summed E-state index contributed by atoms with van der Waals surface area (Å²) in [5.74, 6) is -1.20. The molecule has 5 N–H and O–H groups in total. The highest BCUT2D eigenvalue weighted by Gasteiger charge is 2.19. The van der Waals surface area contributed by atoms with Crippen LogP contribution in [0.3, 0.4) is 0 Å². The Morgan fingerprint density at radius 2 is 0.875 bits per heavy atom. The van der Waals surface area contributed by atoms with Crippen molar-refractivity contribution in [1.82, 2.24) is 0 Å². The number of phenolic OH excluding ortho intramolecular Hbond substituents is 5. The smallest absolute Gasteiger partial charge is 0.157 e. The minimum absolute atomic E-state index is 0.125. The highest BCUT2D eigenvalue weighted by molar-refractivity contribution is 5.52. The second kappa shape index (κ2) is 6.04. The monoisotopic (exact) mass is 324 g/mol. The van der Waals surface area contributed by atoms with E-state index in [-0.39, 0.29) is 34.7 Å². The van der Waals surface area contributed by atoms with Crippen molar-refractivity contribution < 1.29 is 25.5 Å². The molecule has 5 heteroatoms. The summed E-state index contributed by atoms with van der Waals surface area (Å²) >= 11 is 0. The van der Waals surface area contributed by atoms with Crippen LogP contribution in [0.2, 0.25) is 0 Å². The molecule has 0 saturated carbocycles. The fraction of sp³-hybridized carbons (Fsp3) is 0.0526. The van der Waals surface area contributed by atoms with Crippen LogP contribution in [0.1, 0.15) is 22.6 Å². The maximum Gasteiger partial charge on any atom is 0.157 e. The molecule has 0 fully saturated rings. The third kappa shape index (κ3) is 2.92. The average molecular weight is 324 g/mol. The lowest BCUT2D eigenvalue weighted by molar-refractivity contribution is 0.402. The first-order chi connectivity index (χ1) is 11.5. The third-order valence-corrected chi connectivity index (χ3v) is 3.89. The number of aromatic hydroxyl groups is 5. The second-order valence-corrected chi connectivity index (χ2v) is 5.52. The molecule has 24 heavy (non-hydrogen) atoms. The molecule has 3 aromatic rings. The Balaban J connectivity index is 2.17. The van der Waals surface area contributed by atoms with Gasteiger partial charge in [-0.15, -0.1) is 0 Å². The van der Waals surface area contributed by atoms with Crippen LogP contribution in [0.15, 0.2) is 60.7 Å². The summed E-state index contributed by atoms with van der Waals surface area (Å²) in [6, 6.07) is 15.5. The summed E-state index contributed by atoms with van der Waals surface area (Å²) in [6.07, 6.45) is 0. The summed E-state index contributed by atoms with van der Waals surface area (Å²) in [5, 5.41) is 48.2. The van der Waals surface area contributed by atoms with Gasteiger partial charge in [0.05, 0.1) is 0 Å². The summed E-state index contributed by atoms with van der Waals surface area (Å²) < 4.78 is 0. The van der Waals surface area contributed by atoms with E-state index in [2.05, 4.69) is 0 Å². The summed E-state index contributed by atoms with van der Waals surface area (Å²) in [4.78, 5) is 0. The van der Waals surface area contributed by atoms with Crippen molar-refractivity contribution in [2.24, 2.45) is 0 Å². The van der Waals surface area contributed by atoms with Gasteiger partial charge < -0.3 is 25.5 Å². The van der Waals surface area contributed by atoms with E-state index in [0.29, 0.717) is 11.1 Å². The number of hydrogen-bond donors (Lipinski definition) is 5. The normalized spacial score (nSPS) is 10.9. The lowest BCUT2D eigenvalue weighted by atomic mass is 9.85. The molecule has 0 radical (unpaired) electrons. The zero-order valence-electron chi connectivity index (χ0n) is 12.6. The van der Waals surface area contributed by atoms with Crippen LogP contribution >= 0.6 is 0 Å². The molecule has 0 aliphatic rings. The first kappa shape index (κ1) is 15.6. The number of hydrogen-bond acceptors (Lipinski definition) is 5. The maximum absolute atomic E-state index is 9.81. The molecule has 122 valence electrons. The van der Waals surface area contributed by atoms with E-state index in [1.807, 2.05) is 0 Å². The van der Waals surface area contributed by atoms with Gasteiger partial charge >= 0.3 is 0 Å². The Labute approximate surface area is 138 Å². The zero-order chi connectivity index (χ0) is 17.3. The Bertz CT molecular complexity index is 820. The van der Waals surface area contributed by atoms with Gasteiger partial charge in [0.1, 0.15) is 5.75 Å². The van der Waals surface area contributed by atoms with E-state index < -0.39 is 0 Å². The van der Waals surface area contributed by atoms with Gasteiger partial charge in [-0.25, -0.2) is 0 Å². The largest absolute Gasteiger partial charge is 0.508 e. The van der Waals surface area contributed by atoms with E-state index in [0.717, 1.165) is 5.56 Å². The van der Waals surface area contributed by atoms with Gasteiger partial charge in [-0.05, 0) is 53.1 Å². The van der Waals surface area contributed by atoms with Crippen LogP contribution in [-0.2, 0) is 0 Å². The molecule has 3 aromatic carbocycles. The van der Waals surface area contributed by atoms with E-state index >= 15 is 0 Å². The van der Waals surface area contributed by atoms with Crippen molar-refractivity contribution in [3.8, 4) is 28.7 Å². The number of rotatable bonds is 3. The van der Waals surface area contributed by atoms with Crippen LogP contribution in [0, 0.1) is 0 Å². The lowest BCUT2D eigenvalue weighted by Crippen LogP contribution is -2.03. The Morgan fingerprint density at radius 1 is 0.458 bits per heavy atom. The molecule has 0 saturated heterocycles. The van der Waals surface area contributed by atoms with Crippen molar-refractivity contribution in [2.75, 3.05) is 0 Å². The molecule has 0 amide bonds. The maximum atomic E-state index is 9.81. The van der Waals surface area contributed by atoms with Crippen LogP contribution in [0.25, 0.3) is 0 Å². The molecule has 0 spiro atoms. The molecule has 0 aliphatic carbocycles. The zero-order valence-corrected chi connectivity index (χ0v) is 12.6. The van der Waals surface area contributed by atoms with Crippen LogP contribution in [-0.4, -0.2) is 25.5 Å². The van der Waals surface area contributed by atoms with Crippen molar-refractivity contribution >= 4 is 0 Å². The molecule has 0 heterocycles. The fourth-order valence-corrected chi connectivity index (χ4v) is 2.68. The van der Waals surface area contributed by atoms with Crippen LogP contribution < -0.4 is 0 Å². The van der Waals surface area contributed by atoms with Gasteiger partial charge in [0, 0.05) is 5.92 Å². The highest BCUT2D eigenvalue weighted by atomic mass is 16.3. The molecular formula is C19H16O5. The summed E-state index contributed by atoms with van der Waals surface area (Å²) in [5.41, 5.74) is 2.17. The van der Waals surface area contributed by atoms with Crippen LogP contribution in [0.5, 0.6) is 28.7 Å². The summed E-state index contributed by atoms with van der Waals surface area (Å²) in [7, 11) is 0. The highest BCUT2D eigenvalue weighted by Crippen LogP contribution is 2.39. The molecule has 0 unspecified atom stereocenters. The second-order valence-electron chi connectivity index (χ2n) is 5.52. The molecule has 0 aromatic heterocycles. The van der Waals surface area contributed by atoms with Crippen molar-refractivity contribution in [3.05, 3.63) is 77.4 Å². The first-order valence-corrected chi connectivity index (χ1v) is 7.28. The van der Waals surface area contributed by atoms with E-state index in [1.54, 1.807) is 36.4 Å². The van der Waals surface area contributed by atoms with Gasteiger partial charge in [0.2, 0.25) is 0 Å². The Hall–Kier alpha value is -3.34. The number of phenols is 5. The van der Waals surface area contributed by atoms with E-state index in [4.69, 9.17) is 0 Å². The third-order valence-electron chi connectivity index (χ3n) is 3.89. The Kier molecular flexibility index (Phi) is 3.92. The van der Waals surface area contributed by atoms with Gasteiger partial charge in [-0.1, -0.05) is 24.3 Å². The van der Waals surface area contributed by atoms with E-state index in [9.17, 15) is 25.5 Å². The minimum atomic E-state index is -0.372. The van der Waals surface area contributed by atoms with Crippen molar-refractivity contribution in [3.63, 3.8) is 0 Å². The molecule has 3 rings (SSSR count). The van der Waals surface area contributed by atoms with Crippen LogP contribution in [0.4, 0.5) is 0 Å². The topological polar surface area (TPSA) is 101 Å². The molecule has 0 bridgehead atoms. The van der Waals surface area contributed by atoms with Crippen molar-refractivity contribution in [2.45, 2.75) is 5.92 Å². The summed E-state index contributed by atoms with van der Waals surface area (Å²) in [6.45, 7) is 0. The quantitative estimate of drug-likeness (QED) is 0.375. The lowest BCUT2D eigenvalue weighted by Gasteiger charge is -2.20. The number of benzene rings is 3. The molecule has 0 atom stereocenters. The van der Waals surface area contributed by atoms with Crippen molar-refractivity contribution in [1.29, 1.82) is 0 Å². The van der Waals surface area contributed by atoms with Gasteiger partial charge in [0.25, 0.3) is 0 Å². The van der Waals surface area contributed by atoms with E-state index in [1.165, 1.54) is 24.3 Å².